The quantitative estimate of drug-likeness (QED) is 0.344. The Balaban J connectivity index is 1.25. The van der Waals surface area contributed by atoms with Crippen LogP contribution < -0.4 is 0 Å². The lowest BCUT2D eigenvalue weighted by Crippen LogP contribution is -2.51. The number of allylic oxidation sites excluding steroid dienone is 2. The largest absolute Gasteiger partial charge is 0.463 e. The molecule has 2 aliphatic heterocycles. The minimum atomic E-state index is -0.321. The zero-order chi connectivity index (χ0) is 23.2. The van der Waals surface area contributed by atoms with Crippen molar-refractivity contribution >= 4 is 5.97 Å². The molecule has 2 heterocycles. The van der Waals surface area contributed by atoms with Gasteiger partial charge in [-0.2, -0.15) is 0 Å². The van der Waals surface area contributed by atoms with Crippen molar-refractivity contribution in [3.05, 3.63) is 11.6 Å². The van der Waals surface area contributed by atoms with Crippen LogP contribution in [0.2, 0.25) is 0 Å². The minimum absolute atomic E-state index is 0.120. The lowest BCUT2D eigenvalue weighted by molar-refractivity contribution is -0.272. The Kier molecular flexibility index (Phi) is 5.18. The van der Waals surface area contributed by atoms with E-state index in [1.54, 1.807) is 12.5 Å². The van der Waals surface area contributed by atoms with E-state index in [-0.39, 0.29) is 23.3 Å². The molecule has 2 saturated heterocycles. The number of rotatable bonds is 1. The summed E-state index contributed by atoms with van der Waals surface area (Å²) in [6.07, 6.45) is 13.7. The van der Waals surface area contributed by atoms with Crippen LogP contribution in [0.5, 0.6) is 0 Å². The van der Waals surface area contributed by atoms with Crippen LogP contribution in [0.1, 0.15) is 92.4 Å². The highest BCUT2D eigenvalue weighted by Gasteiger charge is 2.67. The third-order valence-electron chi connectivity index (χ3n) is 11.6. The average Bonchev–Trinajstić information content (AvgIpc) is 3.21. The summed E-state index contributed by atoms with van der Waals surface area (Å²) in [6.45, 7) is 12.3. The first-order chi connectivity index (χ1) is 15.7. The molecule has 0 aromatic rings. The highest BCUT2D eigenvalue weighted by molar-refractivity contribution is 5.66. The lowest BCUT2D eigenvalue weighted by atomic mass is 9.48. The van der Waals surface area contributed by atoms with Gasteiger partial charge in [0.2, 0.25) is 0 Å². The van der Waals surface area contributed by atoms with Crippen LogP contribution in [0.4, 0.5) is 0 Å². The minimum Gasteiger partial charge on any atom is -0.463 e. The maximum absolute atomic E-state index is 11.5. The number of ether oxygens (including phenoxy) is 3. The van der Waals surface area contributed by atoms with E-state index in [1.807, 2.05) is 0 Å². The Bertz CT molecular complexity index is 841. The maximum atomic E-state index is 11.5. The first-order valence-electron chi connectivity index (χ1n) is 13.9. The van der Waals surface area contributed by atoms with Gasteiger partial charge in [0.1, 0.15) is 6.10 Å². The molecule has 0 aromatic carbocycles. The maximum Gasteiger partial charge on any atom is 0.302 e. The Hall–Kier alpha value is -0.870. The summed E-state index contributed by atoms with van der Waals surface area (Å²) in [6, 6.07) is 0. The summed E-state index contributed by atoms with van der Waals surface area (Å²) in [5.41, 5.74) is 2.37. The van der Waals surface area contributed by atoms with E-state index in [0.717, 1.165) is 38.2 Å². The number of hydrogen-bond acceptors (Lipinski definition) is 4. The van der Waals surface area contributed by atoms with Crippen molar-refractivity contribution in [2.75, 3.05) is 6.61 Å². The van der Waals surface area contributed by atoms with Crippen molar-refractivity contribution in [2.24, 2.45) is 46.3 Å². The highest BCUT2D eigenvalue weighted by Crippen LogP contribution is 2.69. The monoisotopic (exact) mass is 456 g/mol. The van der Waals surface area contributed by atoms with Crippen molar-refractivity contribution in [2.45, 2.75) is 110 Å². The molecular weight excluding hydrogens is 412 g/mol. The second-order valence-electron chi connectivity index (χ2n) is 13.3. The summed E-state index contributed by atoms with van der Waals surface area (Å²) in [5, 5.41) is 0. The molecule has 1 spiro atoms. The van der Waals surface area contributed by atoms with Crippen LogP contribution in [0, 0.1) is 46.3 Å². The molecule has 3 saturated carbocycles. The number of esters is 1. The molecular formula is C29H44O4. The van der Waals surface area contributed by atoms with Crippen LogP contribution in [0.3, 0.4) is 0 Å². The molecule has 0 aromatic heterocycles. The molecule has 4 heteroatoms. The van der Waals surface area contributed by atoms with Gasteiger partial charge in [-0.1, -0.05) is 39.3 Å². The SMILES string of the molecule is CC(=O)OC1CC[C@]2(C)C3=CC[C@@]4(C)C(CC5O[C@]6(CCC(C)CO6)[C@@H](C)C54)C3CC[C@H]2C1. The molecule has 33 heavy (non-hydrogen) atoms. The van der Waals surface area contributed by atoms with Gasteiger partial charge >= 0.3 is 5.97 Å². The van der Waals surface area contributed by atoms with Gasteiger partial charge in [-0.05, 0) is 91.8 Å². The van der Waals surface area contributed by atoms with Gasteiger partial charge in [0.05, 0.1) is 12.7 Å². The Morgan fingerprint density at radius 1 is 1.09 bits per heavy atom. The van der Waals surface area contributed by atoms with Crippen molar-refractivity contribution < 1.29 is 19.0 Å². The van der Waals surface area contributed by atoms with Gasteiger partial charge in [0.25, 0.3) is 0 Å². The summed E-state index contributed by atoms with van der Waals surface area (Å²) < 4.78 is 19.0. The molecule has 0 N–H and O–H groups in total. The second-order valence-corrected chi connectivity index (χ2v) is 13.3. The van der Waals surface area contributed by atoms with Crippen LogP contribution in [0.15, 0.2) is 11.6 Å². The summed E-state index contributed by atoms with van der Waals surface area (Å²) in [7, 11) is 0. The van der Waals surface area contributed by atoms with E-state index in [4.69, 9.17) is 14.2 Å². The second kappa shape index (κ2) is 7.56. The first-order valence-corrected chi connectivity index (χ1v) is 13.9. The topological polar surface area (TPSA) is 44.8 Å². The standard InChI is InChI=1S/C29H44O4/c1-17-8-13-29(31-16-17)18(2)26-25(33-29)15-24-22-7-6-20-14-21(32-19(3)30)9-11-27(20,4)23(22)10-12-28(24,26)5/h10,17-18,20-22,24-26H,6-9,11-16H2,1-5H3/t17?,18-,20-,21?,22?,24?,25?,26?,27-,28-,29+/m0/s1. The molecule has 6 rings (SSSR count). The van der Waals surface area contributed by atoms with Gasteiger partial charge < -0.3 is 14.2 Å². The van der Waals surface area contributed by atoms with E-state index >= 15 is 0 Å². The normalized spacial score (nSPS) is 55.2. The predicted molar refractivity (Wildman–Crippen MR) is 127 cm³/mol. The van der Waals surface area contributed by atoms with Gasteiger partial charge in [0.15, 0.2) is 5.79 Å². The number of fused-ring (bicyclic) bond motifs is 7. The van der Waals surface area contributed by atoms with Crippen molar-refractivity contribution in [3.8, 4) is 0 Å². The first kappa shape index (κ1) is 22.6. The molecule has 0 amide bonds. The molecule has 6 unspecified atom stereocenters. The smallest absolute Gasteiger partial charge is 0.302 e. The van der Waals surface area contributed by atoms with Gasteiger partial charge in [0, 0.05) is 19.3 Å². The summed E-state index contributed by atoms with van der Waals surface area (Å²) >= 11 is 0. The number of hydrogen-bond donors (Lipinski definition) is 0. The molecule has 0 bridgehead atoms. The Morgan fingerprint density at radius 3 is 2.64 bits per heavy atom. The molecule has 11 atom stereocenters. The highest BCUT2D eigenvalue weighted by atomic mass is 16.7. The Labute approximate surface area is 200 Å². The van der Waals surface area contributed by atoms with Crippen molar-refractivity contribution in [1.82, 2.24) is 0 Å². The van der Waals surface area contributed by atoms with Crippen molar-refractivity contribution in [1.29, 1.82) is 0 Å². The fraction of sp³-hybridized carbons (Fsp3) is 0.897. The van der Waals surface area contributed by atoms with Gasteiger partial charge in [-0.15, -0.1) is 0 Å². The predicted octanol–water partition coefficient (Wildman–Crippen LogP) is 6.28. The number of carbonyl (C=O) groups is 1. The number of carbonyl (C=O) groups excluding carboxylic acids is 1. The van der Waals surface area contributed by atoms with Crippen LogP contribution >= 0.6 is 0 Å². The van der Waals surface area contributed by atoms with Gasteiger partial charge in [-0.3, -0.25) is 4.79 Å². The zero-order valence-corrected chi connectivity index (χ0v) is 21.4. The molecule has 5 fully saturated rings. The molecule has 4 nitrogen and oxygen atoms in total. The van der Waals surface area contributed by atoms with E-state index in [2.05, 4.69) is 33.8 Å². The third kappa shape index (κ3) is 3.18. The fourth-order valence-electron chi connectivity index (χ4n) is 9.85. The van der Waals surface area contributed by atoms with Crippen molar-refractivity contribution in [3.63, 3.8) is 0 Å². The summed E-state index contributed by atoms with van der Waals surface area (Å²) in [5.74, 6) is 3.40. The van der Waals surface area contributed by atoms with Crippen LogP contribution in [-0.2, 0) is 19.0 Å². The average molecular weight is 457 g/mol. The molecule has 184 valence electrons. The van der Waals surface area contributed by atoms with Crippen LogP contribution in [0.25, 0.3) is 0 Å². The van der Waals surface area contributed by atoms with E-state index in [0.29, 0.717) is 41.1 Å². The summed E-state index contributed by atoms with van der Waals surface area (Å²) in [4.78, 5) is 11.5. The van der Waals surface area contributed by atoms with Crippen LogP contribution in [-0.4, -0.2) is 30.6 Å². The molecule has 4 aliphatic carbocycles. The molecule has 6 aliphatic rings. The third-order valence-corrected chi connectivity index (χ3v) is 11.6. The van der Waals surface area contributed by atoms with E-state index < -0.39 is 0 Å². The lowest BCUT2D eigenvalue weighted by Gasteiger charge is -2.57. The fourth-order valence-corrected chi connectivity index (χ4v) is 9.85. The Morgan fingerprint density at radius 2 is 1.91 bits per heavy atom. The van der Waals surface area contributed by atoms with Gasteiger partial charge in [-0.25, -0.2) is 0 Å². The van der Waals surface area contributed by atoms with E-state index in [1.165, 1.54) is 32.1 Å². The van der Waals surface area contributed by atoms with E-state index in [9.17, 15) is 4.79 Å². The molecule has 0 radical (unpaired) electrons. The zero-order valence-electron chi connectivity index (χ0n) is 21.4.